The smallest absolute Gasteiger partial charge is 0.129 e. The fourth-order valence-corrected chi connectivity index (χ4v) is 3.04. The maximum atomic E-state index is 4.51. The van der Waals surface area contributed by atoms with Gasteiger partial charge in [0.25, 0.3) is 0 Å². The maximum Gasteiger partial charge on any atom is 0.129 e. The Bertz CT molecular complexity index is 367. The third-order valence-electron chi connectivity index (χ3n) is 4.45. The molecule has 2 heteroatoms. The van der Waals surface area contributed by atoms with E-state index < -0.39 is 0 Å². The summed E-state index contributed by atoms with van der Waals surface area (Å²) < 4.78 is 0. The van der Waals surface area contributed by atoms with Crippen molar-refractivity contribution in [1.29, 1.82) is 0 Å². The minimum atomic E-state index is 0.703. The van der Waals surface area contributed by atoms with Gasteiger partial charge in [-0.3, -0.25) is 0 Å². The minimum absolute atomic E-state index is 0.703. The molecule has 1 aromatic heterocycles. The second-order valence-corrected chi connectivity index (χ2v) is 6.80. The largest absolute Gasteiger partial charge is 0.238 e. The first-order chi connectivity index (χ1) is 11.3. The predicted molar refractivity (Wildman–Crippen MR) is 101 cm³/mol. The molecular weight excluding hydrogens is 280 g/mol. The van der Waals surface area contributed by atoms with Gasteiger partial charge in [0.2, 0.25) is 0 Å². The van der Waals surface area contributed by atoms with Gasteiger partial charge in [0.1, 0.15) is 5.82 Å². The highest BCUT2D eigenvalue weighted by Gasteiger charge is 2.03. The zero-order chi connectivity index (χ0) is 16.8. The molecule has 23 heavy (non-hydrogen) atoms. The Kier molecular flexibility index (Phi) is 11.8. The van der Waals surface area contributed by atoms with E-state index in [1.54, 1.807) is 0 Å². The van der Waals surface area contributed by atoms with E-state index in [1.807, 2.05) is 0 Å². The monoisotopic (exact) mass is 317 g/mol. The highest BCUT2D eigenvalue weighted by molar-refractivity contribution is 5.13. The van der Waals surface area contributed by atoms with Crippen LogP contribution in [0.25, 0.3) is 0 Å². The molecule has 2 nitrogen and oxygen atoms in total. The molecule has 0 aromatic carbocycles. The minimum Gasteiger partial charge on any atom is -0.238 e. The lowest BCUT2D eigenvalue weighted by Gasteiger charge is -2.07. The molecule has 0 bridgehead atoms. The normalized spacial score (nSPS) is 11.1. The number of hydrogen-bond acceptors (Lipinski definition) is 2. The summed E-state index contributed by atoms with van der Waals surface area (Å²) >= 11 is 0. The van der Waals surface area contributed by atoms with Crippen LogP contribution in [-0.2, 0) is 12.8 Å². The molecular formula is C21H37N2. The Morgan fingerprint density at radius 3 is 1.48 bits per heavy atom. The summed E-state index contributed by atoms with van der Waals surface area (Å²) in [7, 11) is 0. The van der Waals surface area contributed by atoms with Gasteiger partial charge in [-0.05, 0) is 31.7 Å². The standard InChI is InChI=1S/C21H37N2/c1-4-6-8-10-12-14-16-20-18-21(23-19(3)22-20)17-15-13-11-9-7-5-2/h18H,3-17H2,1-2H3. The second kappa shape index (κ2) is 13.5. The molecule has 0 saturated heterocycles. The molecule has 0 amide bonds. The third kappa shape index (κ3) is 10.5. The van der Waals surface area contributed by atoms with Crippen LogP contribution in [0.4, 0.5) is 0 Å². The fourth-order valence-electron chi connectivity index (χ4n) is 3.04. The van der Waals surface area contributed by atoms with Crippen molar-refractivity contribution >= 4 is 0 Å². The number of hydrogen-bond donors (Lipinski definition) is 0. The van der Waals surface area contributed by atoms with Crippen molar-refractivity contribution in [1.82, 2.24) is 9.97 Å². The molecule has 1 radical (unpaired) electrons. The molecule has 0 aliphatic carbocycles. The zero-order valence-corrected chi connectivity index (χ0v) is 15.6. The van der Waals surface area contributed by atoms with Crippen LogP contribution in [0.1, 0.15) is 108 Å². The summed E-state index contributed by atoms with van der Waals surface area (Å²) in [5.41, 5.74) is 2.39. The van der Waals surface area contributed by atoms with Crippen LogP contribution in [-0.4, -0.2) is 9.97 Å². The second-order valence-electron chi connectivity index (χ2n) is 6.80. The molecule has 1 heterocycles. The van der Waals surface area contributed by atoms with Crippen LogP contribution < -0.4 is 0 Å². The van der Waals surface area contributed by atoms with E-state index in [1.165, 1.54) is 88.4 Å². The molecule has 0 fully saturated rings. The SMILES string of the molecule is [CH2]c1nc(CCCCCCCC)cc(CCCCCCCC)n1. The van der Waals surface area contributed by atoms with Gasteiger partial charge in [0, 0.05) is 18.3 Å². The molecule has 0 aliphatic rings. The third-order valence-corrected chi connectivity index (χ3v) is 4.45. The molecule has 1 rings (SSSR count). The van der Waals surface area contributed by atoms with Crippen molar-refractivity contribution in [2.45, 2.75) is 104 Å². The van der Waals surface area contributed by atoms with Crippen LogP contribution in [0.15, 0.2) is 6.07 Å². The van der Waals surface area contributed by atoms with E-state index in [2.05, 4.69) is 36.8 Å². The first kappa shape index (κ1) is 20.1. The zero-order valence-electron chi connectivity index (χ0n) is 15.6. The highest BCUT2D eigenvalue weighted by atomic mass is 14.9. The van der Waals surface area contributed by atoms with E-state index >= 15 is 0 Å². The van der Waals surface area contributed by atoms with Crippen molar-refractivity contribution in [3.05, 3.63) is 30.2 Å². The van der Waals surface area contributed by atoms with E-state index in [0.29, 0.717) is 5.82 Å². The summed E-state index contributed by atoms with van der Waals surface area (Å²) in [4.78, 5) is 9.03. The lowest BCUT2D eigenvalue weighted by Crippen LogP contribution is -2.01. The fraction of sp³-hybridized carbons (Fsp3) is 0.762. The lowest BCUT2D eigenvalue weighted by molar-refractivity contribution is 0.599. The van der Waals surface area contributed by atoms with Gasteiger partial charge in [0.05, 0.1) is 0 Å². The van der Waals surface area contributed by atoms with Gasteiger partial charge >= 0.3 is 0 Å². The van der Waals surface area contributed by atoms with Gasteiger partial charge in [-0.25, -0.2) is 9.97 Å². The number of unbranched alkanes of at least 4 members (excludes halogenated alkanes) is 10. The first-order valence-corrected chi connectivity index (χ1v) is 9.95. The Morgan fingerprint density at radius 2 is 1.04 bits per heavy atom. The van der Waals surface area contributed by atoms with E-state index in [0.717, 1.165) is 12.8 Å². The molecule has 1 aromatic rings. The van der Waals surface area contributed by atoms with E-state index in [4.69, 9.17) is 0 Å². The van der Waals surface area contributed by atoms with Crippen molar-refractivity contribution in [3.63, 3.8) is 0 Å². The molecule has 0 atom stereocenters. The van der Waals surface area contributed by atoms with Crippen LogP contribution in [0.3, 0.4) is 0 Å². The molecule has 0 spiro atoms. The average Bonchev–Trinajstić information content (AvgIpc) is 2.53. The molecule has 131 valence electrons. The van der Waals surface area contributed by atoms with Crippen LogP contribution in [0.2, 0.25) is 0 Å². The summed E-state index contributed by atoms with van der Waals surface area (Å²) in [5.74, 6) is 0.703. The van der Waals surface area contributed by atoms with Gasteiger partial charge in [-0.1, -0.05) is 78.1 Å². The van der Waals surface area contributed by atoms with Crippen molar-refractivity contribution < 1.29 is 0 Å². The van der Waals surface area contributed by atoms with Gasteiger partial charge in [-0.2, -0.15) is 0 Å². The Hall–Kier alpha value is -0.920. The van der Waals surface area contributed by atoms with Crippen molar-refractivity contribution in [2.75, 3.05) is 0 Å². The first-order valence-electron chi connectivity index (χ1n) is 9.95. The van der Waals surface area contributed by atoms with Crippen molar-refractivity contribution in [3.8, 4) is 0 Å². The molecule has 0 unspecified atom stereocenters. The highest BCUT2D eigenvalue weighted by Crippen LogP contribution is 2.12. The van der Waals surface area contributed by atoms with Gasteiger partial charge in [0.15, 0.2) is 0 Å². The summed E-state index contributed by atoms with van der Waals surface area (Å²) in [6.07, 6.45) is 18.2. The average molecular weight is 318 g/mol. The summed E-state index contributed by atoms with van der Waals surface area (Å²) in [6.45, 7) is 8.49. The molecule has 0 aliphatic heterocycles. The number of aryl methyl sites for hydroxylation is 2. The van der Waals surface area contributed by atoms with Crippen LogP contribution >= 0.6 is 0 Å². The summed E-state index contributed by atoms with van der Waals surface area (Å²) in [6, 6.07) is 2.22. The number of nitrogens with zero attached hydrogens (tertiary/aromatic N) is 2. The molecule has 0 N–H and O–H groups in total. The van der Waals surface area contributed by atoms with Gasteiger partial charge in [-0.15, -0.1) is 0 Å². The molecule has 0 saturated carbocycles. The Balaban J connectivity index is 2.25. The number of aromatic nitrogens is 2. The van der Waals surface area contributed by atoms with Gasteiger partial charge < -0.3 is 0 Å². The quantitative estimate of drug-likeness (QED) is 0.368. The van der Waals surface area contributed by atoms with Crippen molar-refractivity contribution in [2.24, 2.45) is 0 Å². The Morgan fingerprint density at radius 1 is 0.652 bits per heavy atom. The maximum absolute atomic E-state index is 4.51. The predicted octanol–water partition coefficient (Wildman–Crippen LogP) is 6.46. The number of rotatable bonds is 14. The Labute approximate surface area is 144 Å². The lowest BCUT2D eigenvalue weighted by atomic mass is 10.1. The van der Waals surface area contributed by atoms with Crippen LogP contribution in [0, 0.1) is 6.92 Å². The van der Waals surface area contributed by atoms with E-state index in [9.17, 15) is 0 Å². The topological polar surface area (TPSA) is 25.8 Å². The summed E-state index contributed by atoms with van der Waals surface area (Å²) in [5, 5.41) is 0. The van der Waals surface area contributed by atoms with E-state index in [-0.39, 0.29) is 0 Å². The van der Waals surface area contributed by atoms with Crippen LogP contribution in [0.5, 0.6) is 0 Å².